The molecule has 0 heterocycles. The molecule has 66 valence electrons. The van der Waals surface area contributed by atoms with Crippen LogP contribution in [0.15, 0.2) is 0 Å². The van der Waals surface area contributed by atoms with Crippen LogP contribution >= 0.6 is 0 Å². The molecule has 0 bridgehead atoms. The van der Waals surface area contributed by atoms with Gasteiger partial charge in [-0.3, -0.25) is 4.79 Å². The minimum absolute atomic E-state index is 0.141. The van der Waals surface area contributed by atoms with Gasteiger partial charge in [0.15, 0.2) is 0 Å². The Hall–Kier alpha value is -0.570. The number of aliphatic carboxylic acids is 1. The molecular weight excluding hydrogens is 144 g/mol. The number of methoxy groups -OCH3 is 1. The standard InChI is InChI=1S/C8H16O3/c1-4-5-7(11-3)6(2)8(9)10/h6-7H,4-5H2,1-3H3,(H,9,10). The Kier molecular flexibility index (Phi) is 4.86. The van der Waals surface area contributed by atoms with E-state index in [1.54, 1.807) is 14.0 Å². The Bertz CT molecular complexity index is 123. The van der Waals surface area contributed by atoms with Gasteiger partial charge in [-0.05, 0) is 13.3 Å². The Morgan fingerprint density at radius 2 is 2.18 bits per heavy atom. The van der Waals surface area contributed by atoms with Gasteiger partial charge in [0.2, 0.25) is 0 Å². The maximum absolute atomic E-state index is 10.5. The minimum Gasteiger partial charge on any atom is -0.481 e. The van der Waals surface area contributed by atoms with Gasteiger partial charge in [-0.1, -0.05) is 13.3 Å². The van der Waals surface area contributed by atoms with Gasteiger partial charge < -0.3 is 9.84 Å². The van der Waals surface area contributed by atoms with Crippen LogP contribution in [0.2, 0.25) is 0 Å². The van der Waals surface area contributed by atoms with Gasteiger partial charge in [-0.25, -0.2) is 0 Å². The number of rotatable bonds is 5. The lowest BCUT2D eigenvalue weighted by Crippen LogP contribution is -2.27. The van der Waals surface area contributed by atoms with E-state index in [0.717, 1.165) is 12.8 Å². The fourth-order valence-electron chi connectivity index (χ4n) is 1.02. The van der Waals surface area contributed by atoms with Crippen LogP contribution in [0.4, 0.5) is 0 Å². The van der Waals surface area contributed by atoms with E-state index in [1.165, 1.54) is 0 Å². The van der Waals surface area contributed by atoms with Crippen LogP contribution in [0, 0.1) is 5.92 Å². The molecule has 11 heavy (non-hydrogen) atoms. The van der Waals surface area contributed by atoms with Crippen LogP contribution in [-0.2, 0) is 9.53 Å². The van der Waals surface area contributed by atoms with Crippen molar-refractivity contribution in [3.8, 4) is 0 Å². The summed E-state index contributed by atoms with van der Waals surface area (Å²) >= 11 is 0. The molecule has 0 saturated heterocycles. The summed E-state index contributed by atoms with van der Waals surface area (Å²) in [5.74, 6) is -1.19. The lowest BCUT2D eigenvalue weighted by Gasteiger charge is -2.17. The normalized spacial score (nSPS) is 15.9. The number of carboxylic acid groups (broad SMARTS) is 1. The van der Waals surface area contributed by atoms with Crippen molar-refractivity contribution >= 4 is 5.97 Å². The summed E-state index contributed by atoms with van der Waals surface area (Å²) in [4.78, 5) is 10.5. The van der Waals surface area contributed by atoms with E-state index in [9.17, 15) is 4.79 Å². The molecule has 0 amide bonds. The molecule has 2 unspecified atom stereocenters. The third-order valence-electron chi connectivity index (χ3n) is 1.82. The van der Waals surface area contributed by atoms with Crippen molar-refractivity contribution in [2.45, 2.75) is 32.8 Å². The van der Waals surface area contributed by atoms with Crippen molar-refractivity contribution in [2.75, 3.05) is 7.11 Å². The number of hydrogen-bond donors (Lipinski definition) is 1. The summed E-state index contributed by atoms with van der Waals surface area (Å²) in [5, 5.41) is 8.63. The molecule has 0 radical (unpaired) electrons. The Morgan fingerprint density at radius 3 is 2.45 bits per heavy atom. The van der Waals surface area contributed by atoms with Crippen molar-refractivity contribution < 1.29 is 14.6 Å². The van der Waals surface area contributed by atoms with Crippen LogP contribution in [0.25, 0.3) is 0 Å². The highest BCUT2D eigenvalue weighted by atomic mass is 16.5. The highest BCUT2D eigenvalue weighted by Crippen LogP contribution is 2.12. The zero-order valence-corrected chi connectivity index (χ0v) is 7.33. The summed E-state index contributed by atoms with van der Waals surface area (Å²) in [5.41, 5.74) is 0. The largest absolute Gasteiger partial charge is 0.481 e. The van der Waals surface area contributed by atoms with Gasteiger partial charge in [-0.15, -0.1) is 0 Å². The Labute approximate surface area is 67.4 Å². The second-order valence-corrected chi connectivity index (χ2v) is 2.69. The van der Waals surface area contributed by atoms with Crippen LogP contribution in [-0.4, -0.2) is 24.3 Å². The highest BCUT2D eigenvalue weighted by molar-refractivity contribution is 5.70. The molecule has 0 spiro atoms. The first kappa shape index (κ1) is 10.4. The van der Waals surface area contributed by atoms with E-state index in [4.69, 9.17) is 9.84 Å². The molecule has 0 aliphatic heterocycles. The van der Waals surface area contributed by atoms with Crippen LogP contribution in [0.3, 0.4) is 0 Å². The van der Waals surface area contributed by atoms with E-state index in [0.29, 0.717) is 0 Å². The third-order valence-corrected chi connectivity index (χ3v) is 1.82. The Balaban J connectivity index is 3.91. The minimum atomic E-state index is -0.787. The molecule has 0 aromatic heterocycles. The van der Waals surface area contributed by atoms with Gasteiger partial charge in [-0.2, -0.15) is 0 Å². The van der Waals surface area contributed by atoms with E-state index < -0.39 is 11.9 Å². The molecule has 0 fully saturated rings. The predicted octanol–water partition coefficient (Wildman–Crippen LogP) is 1.52. The second kappa shape index (κ2) is 5.13. The van der Waals surface area contributed by atoms with E-state index in [2.05, 4.69) is 0 Å². The SMILES string of the molecule is CCCC(OC)C(C)C(=O)O. The molecule has 0 aromatic carbocycles. The zero-order valence-electron chi connectivity index (χ0n) is 7.33. The number of carboxylic acids is 1. The average Bonchev–Trinajstić information content (AvgIpc) is 1.98. The topological polar surface area (TPSA) is 46.5 Å². The lowest BCUT2D eigenvalue weighted by molar-refractivity contribution is -0.145. The first-order valence-electron chi connectivity index (χ1n) is 3.89. The molecular formula is C8H16O3. The molecule has 0 aliphatic rings. The number of ether oxygens (including phenoxy) is 1. The molecule has 0 aromatic rings. The van der Waals surface area contributed by atoms with Crippen LogP contribution in [0.1, 0.15) is 26.7 Å². The number of hydrogen-bond acceptors (Lipinski definition) is 2. The van der Waals surface area contributed by atoms with Crippen molar-refractivity contribution in [1.82, 2.24) is 0 Å². The number of carbonyl (C=O) groups is 1. The van der Waals surface area contributed by atoms with Gasteiger partial charge >= 0.3 is 5.97 Å². The van der Waals surface area contributed by atoms with E-state index in [1.807, 2.05) is 6.92 Å². The molecule has 0 rings (SSSR count). The van der Waals surface area contributed by atoms with E-state index >= 15 is 0 Å². The summed E-state index contributed by atoms with van der Waals surface area (Å²) in [6.07, 6.45) is 1.62. The maximum Gasteiger partial charge on any atom is 0.308 e. The first-order chi connectivity index (χ1) is 5.13. The van der Waals surface area contributed by atoms with Gasteiger partial charge in [0.25, 0.3) is 0 Å². The molecule has 3 heteroatoms. The summed E-state index contributed by atoms with van der Waals surface area (Å²) in [7, 11) is 1.56. The molecule has 3 nitrogen and oxygen atoms in total. The van der Waals surface area contributed by atoms with Gasteiger partial charge in [0.1, 0.15) is 0 Å². The van der Waals surface area contributed by atoms with Crippen LogP contribution < -0.4 is 0 Å². The average molecular weight is 160 g/mol. The summed E-state index contributed by atoms with van der Waals surface area (Å²) in [6.45, 7) is 3.69. The van der Waals surface area contributed by atoms with E-state index in [-0.39, 0.29) is 6.10 Å². The third kappa shape index (κ3) is 3.37. The van der Waals surface area contributed by atoms with Crippen molar-refractivity contribution in [1.29, 1.82) is 0 Å². The van der Waals surface area contributed by atoms with Gasteiger partial charge in [0, 0.05) is 7.11 Å². The van der Waals surface area contributed by atoms with Crippen LogP contribution in [0.5, 0.6) is 0 Å². The quantitative estimate of drug-likeness (QED) is 0.663. The lowest BCUT2D eigenvalue weighted by atomic mass is 10.0. The maximum atomic E-state index is 10.5. The molecule has 1 N–H and O–H groups in total. The second-order valence-electron chi connectivity index (χ2n) is 2.69. The van der Waals surface area contributed by atoms with Gasteiger partial charge in [0.05, 0.1) is 12.0 Å². The summed E-state index contributed by atoms with van der Waals surface area (Å²) in [6, 6.07) is 0. The first-order valence-corrected chi connectivity index (χ1v) is 3.89. The zero-order chi connectivity index (χ0) is 8.85. The van der Waals surface area contributed by atoms with Crippen molar-refractivity contribution in [3.05, 3.63) is 0 Å². The fraction of sp³-hybridized carbons (Fsp3) is 0.875. The molecule has 2 atom stereocenters. The fourth-order valence-corrected chi connectivity index (χ4v) is 1.02. The molecule has 0 aliphatic carbocycles. The van der Waals surface area contributed by atoms with Crippen molar-refractivity contribution in [3.63, 3.8) is 0 Å². The summed E-state index contributed by atoms with van der Waals surface area (Å²) < 4.78 is 5.03. The predicted molar refractivity (Wildman–Crippen MR) is 42.5 cm³/mol. The van der Waals surface area contributed by atoms with Crippen molar-refractivity contribution in [2.24, 2.45) is 5.92 Å². The Morgan fingerprint density at radius 1 is 1.64 bits per heavy atom. The monoisotopic (exact) mass is 160 g/mol. The highest BCUT2D eigenvalue weighted by Gasteiger charge is 2.21. The smallest absolute Gasteiger partial charge is 0.308 e. The molecule has 0 saturated carbocycles.